The normalized spacial score (nSPS) is 11.3. The summed E-state index contributed by atoms with van der Waals surface area (Å²) < 4.78 is 5.51. The zero-order valence-corrected chi connectivity index (χ0v) is 13.7. The summed E-state index contributed by atoms with van der Waals surface area (Å²) in [6, 6.07) is 17.7. The SMILES string of the molecule is Cc1ccc(C#C[Se]CC(O)COc2ccccc2)cc1. The second-order valence-corrected chi connectivity index (χ2v) is 6.42. The van der Waals surface area contributed by atoms with Gasteiger partial charge in [0, 0.05) is 0 Å². The summed E-state index contributed by atoms with van der Waals surface area (Å²) in [7, 11) is 0. The van der Waals surface area contributed by atoms with Gasteiger partial charge in [-0.05, 0) is 0 Å². The molecule has 108 valence electrons. The van der Waals surface area contributed by atoms with Gasteiger partial charge in [-0.2, -0.15) is 0 Å². The van der Waals surface area contributed by atoms with Crippen LogP contribution < -0.4 is 4.74 Å². The molecule has 2 nitrogen and oxygen atoms in total. The number of rotatable bonds is 5. The fourth-order valence-electron chi connectivity index (χ4n) is 1.63. The number of benzene rings is 2. The number of ether oxygens (including phenoxy) is 1. The van der Waals surface area contributed by atoms with E-state index in [1.807, 2.05) is 42.5 Å². The number of aliphatic hydroxyl groups is 1. The van der Waals surface area contributed by atoms with Crippen molar-refractivity contribution in [1.29, 1.82) is 0 Å². The number of hydrogen-bond donors (Lipinski definition) is 1. The second-order valence-electron chi connectivity index (χ2n) is 4.68. The molecule has 0 heterocycles. The zero-order valence-electron chi connectivity index (χ0n) is 12.0. The molecule has 21 heavy (non-hydrogen) atoms. The van der Waals surface area contributed by atoms with Crippen LogP contribution in [-0.2, 0) is 0 Å². The van der Waals surface area contributed by atoms with Gasteiger partial charge in [0.2, 0.25) is 0 Å². The summed E-state index contributed by atoms with van der Waals surface area (Å²) in [5.74, 6) is 3.91. The van der Waals surface area contributed by atoms with E-state index in [2.05, 4.69) is 29.8 Å². The second kappa shape index (κ2) is 8.54. The molecule has 0 spiro atoms. The summed E-state index contributed by atoms with van der Waals surface area (Å²) in [6.07, 6.45) is -0.461. The predicted octanol–water partition coefficient (Wildman–Crippen LogP) is 2.87. The molecule has 0 aliphatic heterocycles. The van der Waals surface area contributed by atoms with Crippen LogP contribution in [-0.4, -0.2) is 32.8 Å². The maximum atomic E-state index is 9.87. The Bertz CT molecular complexity index is 597. The van der Waals surface area contributed by atoms with E-state index < -0.39 is 6.10 Å². The van der Waals surface area contributed by atoms with Crippen molar-refractivity contribution in [1.82, 2.24) is 0 Å². The Kier molecular flexibility index (Phi) is 6.37. The molecular weight excluding hydrogens is 327 g/mol. The molecule has 1 unspecified atom stereocenters. The molecular formula is C18H18O2Se. The minimum atomic E-state index is -0.461. The van der Waals surface area contributed by atoms with Crippen molar-refractivity contribution in [2.75, 3.05) is 6.61 Å². The Morgan fingerprint density at radius 3 is 2.52 bits per heavy atom. The van der Waals surface area contributed by atoms with Crippen LogP contribution in [0.2, 0.25) is 5.32 Å². The topological polar surface area (TPSA) is 29.5 Å². The van der Waals surface area contributed by atoms with Gasteiger partial charge in [-0.25, -0.2) is 0 Å². The van der Waals surface area contributed by atoms with Crippen LogP contribution in [0, 0.1) is 17.7 Å². The van der Waals surface area contributed by atoms with Gasteiger partial charge < -0.3 is 0 Å². The molecule has 0 aliphatic carbocycles. The van der Waals surface area contributed by atoms with E-state index in [9.17, 15) is 5.11 Å². The first-order chi connectivity index (χ1) is 10.2. The van der Waals surface area contributed by atoms with E-state index in [1.165, 1.54) is 5.56 Å². The summed E-state index contributed by atoms with van der Waals surface area (Å²) in [4.78, 5) is 3.15. The minimum absolute atomic E-state index is 0.102. The van der Waals surface area contributed by atoms with Crippen LogP contribution in [0.5, 0.6) is 5.75 Å². The number of hydrogen-bond acceptors (Lipinski definition) is 2. The molecule has 2 rings (SSSR count). The monoisotopic (exact) mass is 346 g/mol. The van der Waals surface area contributed by atoms with Crippen molar-refractivity contribution >= 4 is 15.0 Å². The van der Waals surface area contributed by atoms with Crippen molar-refractivity contribution in [3.8, 4) is 16.5 Å². The summed E-state index contributed by atoms with van der Waals surface area (Å²) >= 11 is 0.102. The summed E-state index contributed by atoms with van der Waals surface area (Å²) in [6.45, 7) is 2.38. The first kappa shape index (κ1) is 15.7. The van der Waals surface area contributed by atoms with Crippen molar-refractivity contribution in [3.05, 3.63) is 65.7 Å². The average molecular weight is 345 g/mol. The van der Waals surface area contributed by atoms with Crippen molar-refractivity contribution in [2.45, 2.75) is 18.3 Å². The van der Waals surface area contributed by atoms with Crippen LogP contribution in [0.1, 0.15) is 11.1 Å². The fraction of sp³-hybridized carbons (Fsp3) is 0.222. The third-order valence-corrected chi connectivity index (χ3v) is 4.45. The van der Waals surface area contributed by atoms with Crippen molar-refractivity contribution in [2.24, 2.45) is 0 Å². The van der Waals surface area contributed by atoms with Crippen LogP contribution in [0.3, 0.4) is 0 Å². The Morgan fingerprint density at radius 1 is 1.10 bits per heavy atom. The molecule has 2 aromatic carbocycles. The number of para-hydroxylation sites is 1. The van der Waals surface area contributed by atoms with Gasteiger partial charge in [-0.1, -0.05) is 0 Å². The summed E-state index contributed by atoms with van der Waals surface area (Å²) in [5.41, 5.74) is 2.26. The molecule has 1 atom stereocenters. The van der Waals surface area contributed by atoms with E-state index in [-0.39, 0.29) is 15.0 Å². The van der Waals surface area contributed by atoms with Gasteiger partial charge in [-0.15, -0.1) is 0 Å². The molecule has 2 aromatic rings. The fourth-order valence-corrected chi connectivity index (χ4v) is 2.81. The standard InChI is InChI=1S/C18H18O2Se/c1-15-7-9-16(10-8-15)11-12-21-14-17(19)13-20-18-5-3-2-4-6-18/h2-10,17,19H,13-14H2,1H3. The first-order valence-corrected chi connectivity index (χ1v) is 8.86. The van der Waals surface area contributed by atoms with E-state index in [4.69, 9.17) is 4.74 Å². The molecule has 0 amide bonds. The molecule has 0 fully saturated rings. The van der Waals surface area contributed by atoms with Gasteiger partial charge in [0.15, 0.2) is 0 Å². The van der Waals surface area contributed by atoms with Crippen LogP contribution >= 0.6 is 0 Å². The Balaban J connectivity index is 1.70. The third-order valence-electron chi connectivity index (χ3n) is 2.78. The van der Waals surface area contributed by atoms with E-state index in [0.717, 1.165) is 11.3 Å². The Labute approximate surface area is 132 Å². The van der Waals surface area contributed by atoms with Crippen molar-refractivity contribution in [3.63, 3.8) is 0 Å². The molecule has 0 aromatic heterocycles. The average Bonchev–Trinajstić information content (AvgIpc) is 2.52. The maximum absolute atomic E-state index is 9.87. The quantitative estimate of drug-likeness (QED) is 0.667. The molecule has 0 saturated carbocycles. The van der Waals surface area contributed by atoms with Gasteiger partial charge in [0.05, 0.1) is 0 Å². The molecule has 0 bridgehead atoms. The molecule has 0 saturated heterocycles. The van der Waals surface area contributed by atoms with Gasteiger partial charge in [-0.3, -0.25) is 0 Å². The third kappa shape index (κ3) is 6.06. The molecule has 0 aliphatic rings. The molecule has 3 heteroatoms. The van der Waals surface area contributed by atoms with Gasteiger partial charge in [0.25, 0.3) is 0 Å². The van der Waals surface area contributed by atoms with Crippen LogP contribution in [0.25, 0.3) is 0 Å². The molecule has 0 radical (unpaired) electrons. The Hall–Kier alpha value is -1.72. The van der Waals surface area contributed by atoms with E-state index >= 15 is 0 Å². The molecule has 1 N–H and O–H groups in total. The van der Waals surface area contributed by atoms with Crippen molar-refractivity contribution < 1.29 is 9.84 Å². The first-order valence-electron chi connectivity index (χ1n) is 6.79. The number of aryl methyl sites for hydroxylation is 1. The number of aliphatic hydroxyl groups excluding tert-OH is 1. The summed E-state index contributed by atoms with van der Waals surface area (Å²) in [5, 5.41) is 10.5. The van der Waals surface area contributed by atoms with Crippen LogP contribution in [0.4, 0.5) is 0 Å². The van der Waals surface area contributed by atoms with Gasteiger partial charge in [0.1, 0.15) is 0 Å². The van der Waals surface area contributed by atoms with E-state index in [1.54, 1.807) is 0 Å². The van der Waals surface area contributed by atoms with Gasteiger partial charge >= 0.3 is 132 Å². The predicted molar refractivity (Wildman–Crippen MR) is 86.6 cm³/mol. The van der Waals surface area contributed by atoms with E-state index in [0.29, 0.717) is 11.9 Å². The zero-order chi connectivity index (χ0) is 14.9. The van der Waals surface area contributed by atoms with Crippen LogP contribution in [0.15, 0.2) is 54.6 Å². The Morgan fingerprint density at radius 2 is 1.81 bits per heavy atom.